The highest BCUT2D eigenvalue weighted by Gasteiger charge is 2.30. The SMILES string of the molecule is COc1ccc(OC)c2c1CN(CCS(=O)(=O)c1ccccc1)CC2O. The van der Waals surface area contributed by atoms with E-state index in [-0.39, 0.29) is 5.75 Å². The van der Waals surface area contributed by atoms with Crippen LogP contribution >= 0.6 is 0 Å². The summed E-state index contributed by atoms with van der Waals surface area (Å²) in [6.45, 7) is 1.17. The fraction of sp³-hybridized carbons (Fsp3) is 0.368. The molecule has 0 saturated heterocycles. The predicted octanol–water partition coefficient (Wildman–Crippen LogP) is 2.03. The van der Waals surface area contributed by atoms with Crippen LogP contribution in [0.15, 0.2) is 47.4 Å². The maximum absolute atomic E-state index is 12.5. The number of hydrogen-bond donors (Lipinski definition) is 1. The average molecular weight is 377 g/mol. The molecule has 0 bridgehead atoms. The van der Waals surface area contributed by atoms with Gasteiger partial charge in [0, 0.05) is 30.8 Å². The Morgan fingerprint density at radius 1 is 1.08 bits per heavy atom. The molecule has 1 unspecified atom stereocenters. The van der Waals surface area contributed by atoms with Crippen LogP contribution in [0.25, 0.3) is 0 Å². The highest BCUT2D eigenvalue weighted by Crippen LogP contribution is 2.39. The van der Waals surface area contributed by atoms with Crippen LogP contribution in [-0.2, 0) is 16.4 Å². The van der Waals surface area contributed by atoms with E-state index in [1.165, 1.54) is 0 Å². The number of benzene rings is 2. The molecule has 1 N–H and O–H groups in total. The molecule has 26 heavy (non-hydrogen) atoms. The minimum absolute atomic E-state index is 0.00858. The topological polar surface area (TPSA) is 76.1 Å². The van der Waals surface area contributed by atoms with Crippen LogP contribution in [0.2, 0.25) is 0 Å². The highest BCUT2D eigenvalue weighted by atomic mass is 32.2. The van der Waals surface area contributed by atoms with Crippen LogP contribution in [-0.4, -0.2) is 51.5 Å². The number of nitrogens with zero attached hydrogens (tertiary/aromatic N) is 1. The lowest BCUT2D eigenvalue weighted by Gasteiger charge is -2.33. The first kappa shape index (κ1) is 18.7. The molecule has 140 valence electrons. The lowest BCUT2D eigenvalue weighted by atomic mass is 9.95. The minimum atomic E-state index is -3.36. The molecular formula is C19H23NO5S. The number of aliphatic hydroxyl groups is 1. The number of ether oxygens (including phenoxy) is 2. The zero-order valence-electron chi connectivity index (χ0n) is 14.9. The summed E-state index contributed by atoms with van der Waals surface area (Å²) in [4.78, 5) is 2.24. The van der Waals surface area contributed by atoms with E-state index in [0.29, 0.717) is 41.6 Å². The molecule has 3 rings (SSSR count). The summed E-state index contributed by atoms with van der Waals surface area (Å²) in [7, 11) is -0.222. The first-order chi connectivity index (χ1) is 12.5. The van der Waals surface area contributed by atoms with Crippen molar-refractivity contribution in [3.05, 3.63) is 53.6 Å². The van der Waals surface area contributed by atoms with Crippen molar-refractivity contribution in [1.82, 2.24) is 4.90 Å². The molecule has 6 nitrogen and oxygen atoms in total. The Morgan fingerprint density at radius 3 is 2.38 bits per heavy atom. The summed E-state index contributed by atoms with van der Waals surface area (Å²) in [5.41, 5.74) is 1.55. The smallest absolute Gasteiger partial charge is 0.179 e. The summed E-state index contributed by atoms with van der Waals surface area (Å²) in [5, 5.41) is 10.6. The first-order valence-corrected chi connectivity index (χ1v) is 10.0. The maximum Gasteiger partial charge on any atom is 0.179 e. The zero-order valence-corrected chi connectivity index (χ0v) is 15.7. The van der Waals surface area contributed by atoms with Crippen molar-refractivity contribution in [2.45, 2.75) is 17.5 Å². The number of fused-ring (bicyclic) bond motifs is 1. The highest BCUT2D eigenvalue weighted by molar-refractivity contribution is 7.91. The van der Waals surface area contributed by atoms with Crippen LogP contribution in [0.4, 0.5) is 0 Å². The van der Waals surface area contributed by atoms with Crippen molar-refractivity contribution in [3.63, 3.8) is 0 Å². The third kappa shape index (κ3) is 3.70. The molecule has 0 aliphatic carbocycles. The van der Waals surface area contributed by atoms with Crippen molar-refractivity contribution < 1.29 is 23.0 Å². The van der Waals surface area contributed by atoms with Gasteiger partial charge in [-0.15, -0.1) is 0 Å². The van der Waals surface area contributed by atoms with E-state index in [0.717, 1.165) is 5.56 Å². The second kappa shape index (κ2) is 7.65. The monoisotopic (exact) mass is 377 g/mol. The van der Waals surface area contributed by atoms with Crippen molar-refractivity contribution in [2.24, 2.45) is 0 Å². The standard InChI is InChI=1S/C19H23NO5S/c1-24-17-8-9-18(25-2)19-15(17)12-20(13-16(19)21)10-11-26(22,23)14-6-4-3-5-7-14/h3-9,16,21H,10-13H2,1-2H3. The average Bonchev–Trinajstić information content (AvgIpc) is 2.66. The first-order valence-electron chi connectivity index (χ1n) is 8.38. The molecule has 2 aromatic rings. The molecule has 1 aliphatic rings. The Kier molecular flexibility index (Phi) is 5.50. The quantitative estimate of drug-likeness (QED) is 0.830. The van der Waals surface area contributed by atoms with Crippen LogP contribution < -0.4 is 9.47 Å². The van der Waals surface area contributed by atoms with Crippen molar-refractivity contribution in [1.29, 1.82) is 0 Å². The summed E-state index contributed by atoms with van der Waals surface area (Å²) in [5.74, 6) is 1.27. The fourth-order valence-corrected chi connectivity index (χ4v) is 4.62. The summed E-state index contributed by atoms with van der Waals surface area (Å²) >= 11 is 0. The molecule has 7 heteroatoms. The van der Waals surface area contributed by atoms with Gasteiger partial charge in [-0.1, -0.05) is 18.2 Å². The van der Waals surface area contributed by atoms with E-state index in [4.69, 9.17) is 9.47 Å². The molecule has 0 saturated carbocycles. The van der Waals surface area contributed by atoms with Gasteiger partial charge >= 0.3 is 0 Å². The lowest BCUT2D eigenvalue weighted by molar-refractivity contribution is 0.0920. The van der Waals surface area contributed by atoms with Crippen molar-refractivity contribution >= 4 is 9.84 Å². The van der Waals surface area contributed by atoms with Gasteiger partial charge < -0.3 is 14.6 Å². The number of aliphatic hydroxyl groups excluding tert-OH is 1. The van der Waals surface area contributed by atoms with E-state index in [9.17, 15) is 13.5 Å². The van der Waals surface area contributed by atoms with Gasteiger partial charge in [0.05, 0.1) is 31.0 Å². The van der Waals surface area contributed by atoms with Crippen LogP contribution in [0.1, 0.15) is 17.2 Å². The van der Waals surface area contributed by atoms with Gasteiger partial charge in [0.25, 0.3) is 0 Å². The van der Waals surface area contributed by atoms with Gasteiger partial charge in [0.1, 0.15) is 11.5 Å². The molecular weight excluding hydrogens is 354 g/mol. The van der Waals surface area contributed by atoms with Crippen molar-refractivity contribution in [2.75, 3.05) is 33.1 Å². The van der Waals surface area contributed by atoms with Gasteiger partial charge in [0.2, 0.25) is 0 Å². The summed E-state index contributed by atoms with van der Waals surface area (Å²) in [6.07, 6.45) is -0.761. The maximum atomic E-state index is 12.5. The molecule has 1 atom stereocenters. The van der Waals surface area contributed by atoms with Gasteiger partial charge in [-0.3, -0.25) is 4.90 Å². The normalized spacial score (nSPS) is 17.6. The van der Waals surface area contributed by atoms with Gasteiger partial charge in [-0.2, -0.15) is 0 Å². The Labute approximate surface area is 153 Å². The second-order valence-corrected chi connectivity index (χ2v) is 8.35. The molecule has 1 heterocycles. The summed E-state index contributed by atoms with van der Waals surface area (Å²) < 4.78 is 35.8. The molecule has 0 aromatic heterocycles. The third-order valence-corrected chi connectivity index (χ3v) is 6.35. The lowest BCUT2D eigenvalue weighted by Crippen LogP contribution is -2.37. The summed E-state index contributed by atoms with van der Waals surface area (Å²) in [6, 6.07) is 12.0. The number of rotatable bonds is 6. The van der Waals surface area contributed by atoms with E-state index in [2.05, 4.69) is 0 Å². The van der Waals surface area contributed by atoms with E-state index >= 15 is 0 Å². The molecule has 2 aromatic carbocycles. The number of sulfone groups is 1. The predicted molar refractivity (Wildman–Crippen MR) is 98.3 cm³/mol. The molecule has 0 amide bonds. The van der Waals surface area contributed by atoms with E-state index in [1.54, 1.807) is 56.7 Å². The van der Waals surface area contributed by atoms with Gasteiger partial charge in [-0.05, 0) is 24.3 Å². The van der Waals surface area contributed by atoms with E-state index in [1.807, 2.05) is 4.90 Å². The Balaban J connectivity index is 1.79. The van der Waals surface area contributed by atoms with Crippen molar-refractivity contribution in [3.8, 4) is 11.5 Å². The number of hydrogen-bond acceptors (Lipinski definition) is 6. The molecule has 1 aliphatic heterocycles. The van der Waals surface area contributed by atoms with Crippen LogP contribution in [0.3, 0.4) is 0 Å². The Hall–Kier alpha value is -2.09. The third-order valence-electron chi connectivity index (χ3n) is 4.64. The van der Waals surface area contributed by atoms with Gasteiger partial charge in [-0.25, -0.2) is 8.42 Å². The molecule has 0 spiro atoms. The minimum Gasteiger partial charge on any atom is -0.496 e. The van der Waals surface area contributed by atoms with Crippen LogP contribution in [0, 0.1) is 0 Å². The van der Waals surface area contributed by atoms with Crippen LogP contribution in [0.5, 0.6) is 11.5 Å². The largest absolute Gasteiger partial charge is 0.496 e. The fourth-order valence-electron chi connectivity index (χ4n) is 3.31. The molecule has 0 radical (unpaired) electrons. The zero-order chi connectivity index (χ0) is 18.7. The number of methoxy groups -OCH3 is 2. The Bertz CT molecular complexity index is 867. The number of β-amino-alcohol motifs (C(OH)–C–C–N with tert-alkyl or cyclic N) is 1. The molecule has 0 fully saturated rings. The Morgan fingerprint density at radius 2 is 1.73 bits per heavy atom. The second-order valence-electron chi connectivity index (χ2n) is 6.25. The van der Waals surface area contributed by atoms with Gasteiger partial charge in [0.15, 0.2) is 9.84 Å². The van der Waals surface area contributed by atoms with E-state index < -0.39 is 15.9 Å².